The molecule has 0 radical (unpaired) electrons. The molecular formula is C18H18N4O3. The molecule has 2 amide bonds. The summed E-state index contributed by atoms with van der Waals surface area (Å²) in [6, 6.07) is 10.9. The summed E-state index contributed by atoms with van der Waals surface area (Å²) in [6.45, 7) is 3.71. The monoisotopic (exact) mass is 338 g/mol. The Kier molecular flexibility index (Phi) is 4.65. The fourth-order valence-corrected chi connectivity index (χ4v) is 2.55. The van der Waals surface area contributed by atoms with Gasteiger partial charge in [0.25, 0.3) is 11.8 Å². The van der Waals surface area contributed by atoms with Crippen molar-refractivity contribution in [1.29, 1.82) is 0 Å². The molecule has 3 N–H and O–H groups in total. The first-order chi connectivity index (χ1) is 12.0. The van der Waals surface area contributed by atoms with Crippen molar-refractivity contribution in [3.63, 3.8) is 0 Å². The number of carbonyl (C=O) groups is 2. The van der Waals surface area contributed by atoms with Crippen LogP contribution < -0.4 is 15.6 Å². The van der Waals surface area contributed by atoms with E-state index in [0.29, 0.717) is 16.8 Å². The van der Waals surface area contributed by atoms with Crippen molar-refractivity contribution in [3.8, 4) is 5.75 Å². The Bertz CT molecular complexity index is 913. The lowest BCUT2D eigenvalue weighted by molar-refractivity contribution is -0.123. The van der Waals surface area contributed by atoms with Crippen LogP contribution in [0.15, 0.2) is 42.6 Å². The lowest BCUT2D eigenvalue weighted by Gasteiger charge is -2.10. The van der Waals surface area contributed by atoms with Crippen molar-refractivity contribution >= 4 is 22.7 Å². The zero-order chi connectivity index (χ0) is 17.8. The Balaban J connectivity index is 1.55. The zero-order valence-corrected chi connectivity index (χ0v) is 13.9. The number of nitrogens with zero attached hydrogens (tertiary/aromatic N) is 1. The van der Waals surface area contributed by atoms with Gasteiger partial charge in [0.05, 0.1) is 17.3 Å². The molecule has 2 aromatic carbocycles. The third-order valence-corrected chi connectivity index (χ3v) is 3.60. The number of H-pyrrole nitrogens is 1. The number of carbonyl (C=O) groups excluding carboxylic acids is 2. The zero-order valence-electron chi connectivity index (χ0n) is 13.9. The molecule has 0 aliphatic carbocycles. The molecule has 7 nitrogen and oxygen atoms in total. The number of aromatic amines is 1. The summed E-state index contributed by atoms with van der Waals surface area (Å²) in [6.07, 6.45) is 1.63. The summed E-state index contributed by atoms with van der Waals surface area (Å²) in [4.78, 5) is 24.1. The first kappa shape index (κ1) is 16.5. The highest BCUT2D eigenvalue weighted by Gasteiger charge is 2.12. The van der Waals surface area contributed by atoms with Gasteiger partial charge in [-0.2, -0.15) is 5.10 Å². The number of aromatic nitrogens is 2. The Morgan fingerprint density at radius 2 is 1.88 bits per heavy atom. The second kappa shape index (κ2) is 7.04. The second-order valence-corrected chi connectivity index (χ2v) is 5.75. The summed E-state index contributed by atoms with van der Waals surface area (Å²) >= 11 is 0. The smallest absolute Gasteiger partial charge is 0.276 e. The lowest BCUT2D eigenvalue weighted by Crippen LogP contribution is -2.43. The number of fused-ring (bicyclic) bond motifs is 1. The average molecular weight is 338 g/mol. The van der Waals surface area contributed by atoms with Gasteiger partial charge in [0.2, 0.25) is 0 Å². The van der Waals surface area contributed by atoms with Gasteiger partial charge in [0.1, 0.15) is 5.75 Å². The Morgan fingerprint density at radius 1 is 1.12 bits per heavy atom. The van der Waals surface area contributed by atoms with Crippen LogP contribution in [-0.2, 0) is 4.79 Å². The molecule has 3 aromatic rings. The number of aryl methyl sites for hydroxylation is 2. The predicted octanol–water partition coefficient (Wildman–Crippen LogP) is 2.02. The van der Waals surface area contributed by atoms with Gasteiger partial charge < -0.3 is 4.74 Å². The van der Waals surface area contributed by atoms with E-state index in [1.807, 2.05) is 38.1 Å². The van der Waals surface area contributed by atoms with Gasteiger partial charge in [-0.1, -0.05) is 18.2 Å². The number of hydrogen-bond donors (Lipinski definition) is 3. The van der Waals surface area contributed by atoms with E-state index in [2.05, 4.69) is 21.0 Å². The van der Waals surface area contributed by atoms with Crippen molar-refractivity contribution in [2.45, 2.75) is 13.8 Å². The SMILES string of the molecule is Cc1cc(C)cc(OCC(=O)NNC(=O)c2cccc3cn[nH]c23)c1. The van der Waals surface area contributed by atoms with Gasteiger partial charge in [0, 0.05) is 5.39 Å². The molecule has 3 rings (SSSR count). The van der Waals surface area contributed by atoms with E-state index in [1.165, 1.54) is 0 Å². The molecule has 0 aliphatic heterocycles. The summed E-state index contributed by atoms with van der Waals surface area (Å²) in [7, 11) is 0. The standard InChI is InChI=1S/C18H18N4O3/c1-11-6-12(2)8-14(7-11)25-10-16(23)20-22-18(24)15-5-3-4-13-9-19-21-17(13)15/h3-9H,10H2,1-2H3,(H,19,21)(H,20,23)(H,22,24). The Hall–Kier alpha value is -3.35. The predicted molar refractivity (Wildman–Crippen MR) is 93.1 cm³/mol. The third kappa shape index (κ3) is 3.95. The van der Waals surface area contributed by atoms with Crippen LogP contribution in [0.2, 0.25) is 0 Å². The van der Waals surface area contributed by atoms with Gasteiger partial charge in [-0.05, 0) is 43.2 Å². The van der Waals surface area contributed by atoms with E-state index >= 15 is 0 Å². The third-order valence-electron chi connectivity index (χ3n) is 3.60. The summed E-state index contributed by atoms with van der Waals surface area (Å²) in [5.41, 5.74) is 7.82. The van der Waals surface area contributed by atoms with Crippen molar-refractivity contribution in [2.75, 3.05) is 6.61 Å². The summed E-state index contributed by atoms with van der Waals surface area (Å²) in [5, 5.41) is 7.49. The van der Waals surface area contributed by atoms with Crippen molar-refractivity contribution in [2.24, 2.45) is 0 Å². The van der Waals surface area contributed by atoms with Crippen LogP contribution >= 0.6 is 0 Å². The van der Waals surface area contributed by atoms with Crippen LogP contribution in [0.3, 0.4) is 0 Å². The van der Waals surface area contributed by atoms with Crippen molar-refractivity contribution in [3.05, 3.63) is 59.3 Å². The second-order valence-electron chi connectivity index (χ2n) is 5.75. The van der Waals surface area contributed by atoms with Crippen LogP contribution in [0, 0.1) is 13.8 Å². The maximum absolute atomic E-state index is 12.2. The number of nitrogens with one attached hydrogen (secondary N) is 3. The van der Waals surface area contributed by atoms with Gasteiger partial charge in [-0.3, -0.25) is 25.5 Å². The highest BCUT2D eigenvalue weighted by atomic mass is 16.5. The molecule has 25 heavy (non-hydrogen) atoms. The number of ether oxygens (including phenoxy) is 1. The fraction of sp³-hybridized carbons (Fsp3) is 0.167. The first-order valence-corrected chi connectivity index (χ1v) is 7.75. The van der Waals surface area contributed by atoms with E-state index in [4.69, 9.17) is 4.74 Å². The molecule has 0 unspecified atom stereocenters. The molecule has 0 saturated carbocycles. The number of para-hydroxylation sites is 1. The first-order valence-electron chi connectivity index (χ1n) is 7.75. The van der Waals surface area contributed by atoms with E-state index in [1.54, 1.807) is 18.3 Å². The fourth-order valence-electron chi connectivity index (χ4n) is 2.55. The number of amides is 2. The van der Waals surface area contributed by atoms with Crippen LogP contribution in [0.4, 0.5) is 0 Å². The minimum Gasteiger partial charge on any atom is -0.484 e. The largest absolute Gasteiger partial charge is 0.484 e. The number of hydrogen-bond acceptors (Lipinski definition) is 4. The van der Waals surface area contributed by atoms with Gasteiger partial charge in [-0.25, -0.2) is 0 Å². The molecule has 128 valence electrons. The van der Waals surface area contributed by atoms with E-state index in [-0.39, 0.29) is 6.61 Å². The molecule has 0 spiro atoms. The molecular weight excluding hydrogens is 320 g/mol. The number of benzene rings is 2. The van der Waals surface area contributed by atoms with E-state index in [0.717, 1.165) is 16.5 Å². The van der Waals surface area contributed by atoms with Gasteiger partial charge in [-0.15, -0.1) is 0 Å². The molecule has 0 saturated heterocycles. The number of rotatable bonds is 4. The molecule has 7 heteroatoms. The van der Waals surface area contributed by atoms with E-state index < -0.39 is 11.8 Å². The summed E-state index contributed by atoms with van der Waals surface area (Å²) in [5.74, 6) is -0.278. The number of hydrazine groups is 1. The minimum absolute atomic E-state index is 0.197. The molecule has 1 aromatic heterocycles. The molecule has 0 bridgehead atoms. The van der Waals surface area contributed by atoms with E-state index in [9.17, 15) is 9.59 Å². The molecule has 1 heterocycles. The Labute approximate surface area is 144 Å². The van der Waals surface area contributed by atoms with Gasteiger partial charge in [0.15, 0.2) is 6.61 Å². The van der Waals surface area contributed by atoms with Crippen molar-refractivity contribution < 1.29 is 14.3 Å². The average Bonchev–Trinajstić information content (AvgIpc) is 3.05. The lowest BCUT2D eigenvalue weighted by atomic mass is 10.1. The Morgan fingerprint density at radius 3 is 2.64 bits per heavy atom. The minimum atomic E-state index is -0.454. The molecule has 0 aliphatic rings. The van der Waals surface area contributed by atoms with Crippen LogP contribution in [0.5, 0.6) is 5.75 Å². The van der Waals surface area contributed by atoms with Gasteiger partial charge >= 0.3 is 0 Å². The molecule has 0 atom stereocenters. The molecule has 0 fully saturated rings. The topological polar surface area (TPSA) is 96.1 Å². The van der Waals surface area contributed by atoms with Crippen LogP contribution in [0.25, 0.3) is 10.9 Å². The van der Waals surface area contributed by atoms with Crippen LogP contribution in [-0.4, -0.2) is 28.6 Å². The highest BCUT2D eigenvalue weighted by Crippen LogP contribution is 2.16. The maximum Gasteiger partial charge on any atom is 0.276 e. The summed E-state index contributed by atoms with van der Waals surface area (Å²) < 4.78 is 5.45. The van der Waals surface area contributed by atoms with Crippen LogP contribution in [0.1, 0.15) is 21.5 Å². The quantitative estimate of drug-likeness (QED) is 0.634. The normalized spacial score (nSPS) is 10.5. The maximum atomic E-state index is 12.2. The highest BCUT2D eigenvalue weighted by molar-refractivity contribution is 6.05. The van der Waals surface area contributed by atoms with Crippen molar-refractivity contribution in [1.82, 2.24) is 21.0 Å².